The summed E-state index contributed by atoms with van der Waals surface area (Å²) < 4.78 is 16.5. The minimum absolute atomic E-state index is 0.0245. The largest absolute Gasteiger partial charge is 0.493 e. The lowest BCUT2D eigenvalue weighted by Crippen LogP contribution is -2.32. The van der Waals surface area contributed by atoms with E-state index in [9.17, 15) is 4.79 Å². The van der Waals surface area contributed by atoms with Gasteiger partial charge in [-0.15, -0.1) is 0 Å². The molecule has 7 nitrogen and oxygen atoms in total. The van der Waals surface area contributed by atoms with E-state index in [2.05, 4.69) is 34.1 Å². The molecule has 0 saturated heterocycles. The summed E-state index contributed by atoms with van der Waals surface area (Å²) in [5.74, 6) is 2.43. The van der Waals surface area contributed by atoms with Crippen LogP contribution in [0.5, 0.6) is 17.2 Å². The number of ketones is 1. The second-order valence-electron chi connectivity index (χ2n) is 8.46. The number of anilines is 1. The Hall–Kier alpha value is -3.61. The van der Waals surface area contributed by atoms with Gasteiger partial charge in [-0.1, -0.05) is 24.3 Å². The van der Waals surface area contributed by atoms with Crippen molar-refractivity contribution >= 4 is 11.7 Å². The fourth-order valence-corrected chi connectivity index (χ4v) is 4.83. The van der Waals surface area contributed by atoms with Gasteiger partial charge in [0.15, 0.2) is 17.3 Å². The molecular weight excluding hydrogens is 418 g/mol. The van der Waals surface area contributed by atoms with E-state index in [0.29, 0.717) is 41.6 Å². The number of nitrogens with zero attached hydrogens (tertiary/aromatic N) is 3. The van der Waals surface area contributed by atoms with Gasteiger partial charge >= 0.3 is 0 Å². The normalized spacial score (nSPS) is 17.2. The van der Waals surface area contributed by atoms with Crippen LogP contribution in [0, 0.1) is 0 Å². The zero-order valence-electron chi connectivity index (χ0n) is 19.1. The number of ether oxygens (including phenoxy) is 3. The van der Waals surface area contributed by atoms with E-state index >= 15 is 0 Å². The molecule has 0 fully saturated rings. The number of fused-ring (bicyclic) bond motifs is 2. The summed E-state index contributed by atoms with van der Waals surface area (Å²) in [7, 11) is 4.77. The molecule has 0 bridgehead atoms. The van der Waals surface area contributed by atoms with E-state index in [1.807, 2.05) is 12.1 Å². The third kappa shape index (κ3) is 3.88. The second kappa shape index (κ2) is 8.73. The van der Waals surface area contributed by atoms with Crippen molar-refractivity contribution in [1.82, 2.24) is 9.97 Å². The summed E-state index contributed by atoms with van der Waals surface area (Å²) in [5.41, 5.74) is 5.07. The summed E-state index contributed by atoms with van der Waals surface area (Å²) in [6.45, 7) is 1.64. The standard InChI is InChI=1S/C26H27N3O4/c1-31-23-12-19(13-24(32-2)25(23)33-3)18-10-21-20(22(30)11-18)14-27-26(28-21)29-9-8-16-6-4-5-7-17(16)15-29/h4-7,12-14,18H,8-11,15H2,1-3H3/t18-/m1/s1. The van der Waals surface area contributed by atoms with E-state index < -0.39 is 0 Å². The van der Waals surface area contributed by atoms with Gasteiger partial charge in [-0.2, -0.15) is 0 Å². The summed E-state index contributed by atoms with van der Waals surface area (Å²) >= 11 is 0. The van der Waals surface area contributed by atoms with Crippen LogP contribution in [0.3, 0.4) is 0 Å². The highest BCUT2D eigenvalue weighted by atomic mass is 16.5. The second-order valence-corrected chi connectivity index (χ2v) is 8.46. The number of carbonyl (C=O) groups is 1. The summed E-state index contributed by atoms with van der Waals surface area (Å²) in [6, 6.07) is 12.3. The predicted molar refractivity (Wildman–Crippen MR) is 125 cm³/mol. The topological polar surface area (TPSA) is 73.8 Å². The molecule has 1 aliphatic heterocycles. The fourth-order valence-electron chi connectivity index (χ4n) is 4.83. The molecule has 0 unspecified atom stereocenters. The summed E-state index contributed by atoms with van der Waals surface area (Å²) in [5, 5.41) is 0. The third-order valence-corrected chi connectivity index (χ3v) is 6.60. The molecule has 0 saturated carbocycles. The molecule has 0 spiro atoms. The van der Waals surface area contributed by atoms with Crippen molar-refractivity contribution in [1.29, 1.82) is 0 Å². The maximum absolute atomic E-state index is 13.0. The first-order valence-corrected chi connectivity index (χ1v) is 11.1. The Bertz CT molecular complexity index is 1180. The average Bonchev–Trinajstić information content (AvgIpc) is 2.87. The van der Waals surface area contributed by atoms with Crippen LogP contribution in [0.25, 0.3) is 0 Å². The van der Waals surface area contributed by atoms with E-state index in [1.165, 1.54) is 11.1 Å². The number of Topliss-reactive ketones (excluding diaryl/α,β-unsaturated/α-hetero) is 1. The predicted octanol–water partition coefficient (Wildman–Crippen LogP) is 3.98. The zero-order chi connectivity index (χ0) is 22.9. The Morgan fingerprint density at radius 3 is 2.39 bits per heavy atom. The summed E-state index contributed by atoms with van der Waals surface area (Å²) in [4.78, 5) is 24.6. The van der Waals surface area contributed by atoms with E-state index in [-0.39, 0.29) is 11.7 Å². The number of methoxy groups -OCH3 is 3. The molecule has 170 valence electrons. The lowest BCUT2D eigenvalue weighted by Gasteiger charge is -2.30. The van der Waals surface area contributed by atoms with Gasteiger partial charge in [0.25, 0.3) is 0 Å². The summed E-state index contributed by atoms with van der Waals surface area (Å²) in [6.07, 6.45) is 3.71. The van der Waals surface area contributed by atoms with E-state index in [1.54, 1.807) is 27.5 Å². The lowest BCUT2D eigenvalue weighted by molar-refractivity contribution is 0.0962. The molecule has 0 amide bonds. The van der Waals surface area contributed by atoms with Crippen LogP contribution >= 0.6 is 0 Å². The van der Waals surface area contributed by atoms with Crippen molar-refractivity contribution in [2.75, 3.05) is 32.8 Å². The molecule has 33 heavy (non-hydrogen) atoms. The molecule has 0 N–H and O–H groups in total. The quantitative estimate of drug-likeness (QED) is 0.588. The van der Waals surface area contributed by atoms with Gasteiger partial charge in [0.05, 0.1) is 32.6 Å². The van der Waals surface area contributed by atoms with Crippen LogP contribution in [0.15, 0.2) is 42.6 Å². The molecule has 2 aliphatic rings. The van der Waals surface area contributed by atoms with Gasteiger partial charge < -0.3 is 19.1 Å². The van der Waals surface area contributed by atoms with Crippen LogP contribution in [0.2, 0.25) is 0 Å². The minimum Gasteiger partial charge on any atom is -0.493 e. The number of hydrogen-bond donors (Lipinski definition) is 0. The monoisotopic (exact) mass is 445 g/mol. The Morgan fingerprint density at radius 1 is 0.970 bits per heavy atom. The van der Waals surface area contributed by atoms with Gasteiger partial charge in [-0.3, -0.25) is 4.79 Å². The van der Waals surface area contributed by atoms with Crippen molar-refractivity contribution in [2.24, 2.45) is 0 Å². The van der Waals surface area contributed by atoms with E-state index in [4.69, 9.17) is 19.2 Å². The number of carbonyl (C=O) groups excluding carboxylic acids is 1. The highest BCUT2D eigenvalue weighted by Crippen LogP contribution is 2.42. The van der Waals surface area contributed by atoms with Crippen molar-refractivity contribution in [3.05, 3.63) is 70.5 Å². The maximum atomic E-state index is 13.0. The first-order chi connectivity index (χ1) is 16.1. The Kier molecular flexibility index (Phi) is 5.62. The van der Waals surface area contributed by atoms with Crippen molar-refractivity contribution in [3.8, 4) is 17.2 Å². The molecule has 5 rings (SSSR count). The molecule has 1 atom stereocenters. The molecule has 0 radical (unpaired) electrons. The van der Waals surface area contributed by atoms with Gasteiger partial charge in [0.1, 0.15) is 0 Å². The molecule has 1 aliphatic carbocycles. The number of benzene rings is 2. The van der Waals surface area contributed by atoms with Crippen LogP contribution < -0.4 is 19.1 Å². The lowest BCUT2D eigenvalue weighted by atomic mass is 9.82. The molecule has 2 aromatic carbocycles. The number of aromatic nitrogens is 2. The average molecular weight is 446 g/mol. The van der Waals surface area contributed by atoms with Crippen LogP contribution in [0.1, 0.15) is 45.1 Å². The smallest absolute Gasteiger partial charge is 0.225 e. The number of hydrogen-bond acceptors (Lipinski definition) is 7. The first-order valence-electron chi connectivity index (χ1n) is 11.1. The van der Waals surface area contributed by atoms with Crippen LogP contribution in [-0.2, 0) is 19.4 Å². The van der Waals surface area contributed by atoms with Gasteiger partial charge in [0, 0.05) is 25.7 Å². The maximum Gasteiger partial charge on any atom is 0.225 e. The highest BCUT2D eigenvalue weighted by Gasteiger charge is 2.30. The van der Waals surface area contributed by atoms with Gasteiger partial charge in [0.2, 0.25) is 11.7 Å². The Balaban J connectivity index is 1.45. The number of rotatable bonds is 5. The Labute approximate surface area is 193 Å². The van der Waals surface area contributed by atoms with Crippen LogP contribution in [-0.4, -0.2) is 43.6 Å². The van der Waals surface area contributed by atoms with Gasteiger partial charge in [-0.05, 0) is 47.6 Å². The third-order valence-electron chi connectivity index (χ3n) is 6.60. The zero-order valence-corrected chi connectivity index (χ0v) is 19.1. The van der Waals surface area contributed by atoms with Crippen LogP contribution in [0.4, 0.5) is 5.95 Å². The van der Waals surface area contributed by atoms with E-state index in [0.717, 1.165) is 30.8 Å². The molecular formula is C26H27N3O4. The SMILES string of the molecule is COc1cc([C@H]2CC(=O)c3cnc(N4CCc5ccccc5C4)nc3C2)cc(OC)c1OC. The molecule has 2 heterocycles. The Morgan fingerprint density at radius 2 is 1.70 bits per heavy atom. The molecule has 7 heteroatoms. The first kappa shape index (κ1) is 21.2. The van der Waals surface area contributed by atoms with Crippen molar-refractivity contribution in [2.45, 2.75) is 31.7 Å². The minimum atomic E-state index is -0.0245. The van der Waals surface area contributed by atoms with Crippen molar-refractivity contribution in [3.63, 3.8) is 0 Å². The molecule has 3 aromatic rings. The fraction of sp³-hybridized carbons (Fsp3) is 0.346. The highest BCUT2D eigenvalue weighted by molar-refractivity contribution is 5.98. The van der Waals surface area contributed by atoms with Crippen molar-refractivity contribution < 1.29 is 19.0 Å². The van der Waals surface area contributed by atoms with Gasteiger partial charge in [-0.25, -0.2) is 9.97 Å². The molecule has 1 aromatic heterocycles.